The minimum atomic E-state index is -0.775. The first-order valence-electron chi connectivity index (χ1n) is 9.35. The molecule has 3 rings (SSSR count). The number of carbonyl (C=O) groups is 1. The number of hydrogen-bond donors (Lipinski definition) is 0. The van der Waals surface area contributed by atoms with Crippen LogP contribution < -0.4 is 0 Å². The van der Waals surface area contributed by atoms with E-state index in [9.17, 15) is 14.9 Å². The Labute approximate surface area is 164 Å². The van der Waals surface area contributed by atoms with Crippen LogP contribution >= 0.6 is 0 Å². The number of hydrogen-bond acceptors (Lipinski definition) is 5. The third-order valence-electron chi connectivity index (χ3n) is 4.96. The number of rotatable bonds is 5. The van der Waals surface area contributed by atoms with Crippen molar-refractivity contribution in [2.24, 2.45) is 11.0 Å². The number of guanidine groups is 1. The van der Waals surface area contributed by atoms with Gasteiger partial charge in [-0.2, -0.15) is 0 Å². The van der Waals surface area contributed by atoms with E-state index in [0.29, 0.717) is 26.2 Å². The molecular weight excluding hydrogens is 364 g/mol. The van der Waals surface area contributed by atoms with Crippen molar-refractivity contribution in [3.8, 4) is 0 Å². The molecule has 1 amide bonds. The highest BCUT2D eigenvalue weighted by Crippen LogP contribution is 2.30. The first-order chi connectivity index (χ1) is 13.2. The lowest BCUT2D eigenvalue weighted by molar-refractivity contribution is -0.486. The normalized spacial score (nSPS) is 22.7. The lowest BCUT2D eigenvalue weighted by atomic mass is 9.97. The van der Waals surface area contributed by atoms with Gasteiger partial charge in [-0.1, -0.05) is 29.8 Å². The molecule has 2 aliphatic heterocycles. The van der Waals surface area contributed by atoms with Crippen LogP contribution in [0.3, 0.4) is 0 Å². The number of nitro groups is 1. The van der Waals surface area contributed by atoms with Crippen molar-refractivity contribution in [3.05, 3.63) is 45.5 Å². The van der Waals surface area contributed by atoms with Crippen LogP contribution in [0.1, 0.15) is 31.4 Å². The fourth-order valence-electron chi connectivity index (χ4n) is 3.62. The van der Waals surface area contributed by atoms with E-state index in [1.54, 1.807) is 4.90 Å². The summed E-state index contributed by atoms with van der Waals surface area (Å²) in [5.74, 6) is 0.263. The minimum absolute atomic E-state index is 0.0311. The van der Waals surface area contributed by atoms with Gasteiger partial charge in [0.05, 0.1) is 18.8 Å². The lowest BCUT2D eigenvalue weighted by Gasteiger charge is -2.22. The summed E-state index contributed by atoms with van der Waals surface area (Å²) in [6.45, 7) is 8.05. The van der Waals surface area contributed by atoms with Crippen molar-refractivity contribution in [3.63, 3.8) is 0 Å². The highest BCUT2D eigenvalue weighted by atomic mass is 16.7. The van der Waals surface area contributed by atoms with E-state index in [1.165, 1.54) is 4.90 Å². The van der Waals surface area contributed by atoms with Gasteiger partial charge in [-0.3, -0.25) is 0 Å². The maximum absolute atomic E-state index is 12.5. The van der Waals surface area contributed by atoms with Crippen LogP contribution in [0.4, 0.5) is 4.79 Å². The Morgan fingerprint density at radius 1 is 1.36 bits per heavy atom. The maximum Gasteiger partial charge on any atom is 0.417 e. The molecule has 9 heteroatoms. The largest absolute Gasteiger partial charge is 0.444 e. The predicted molar refractivity (Wildman–Crippen MR) is 102 cm³/mol. The molecule has 0 bridgehead atoms. The number of ether oxygens (including phenoxy) is 2. The second-order valence-electron chi connectivity index (χ2n) is 7.92. The summed E-state index contributed by atoms with van der Waals surface area (Å²) in [6, 6.07) is 7.64. The summed E-state index contributed by atoms with van der Waals surface area (Å²) in [5, 5.41) is 13.7. The third-order valence-corrected chi connectivity index (χ3v) is 4.96. The zero-order chi connectivity index (χ0) is 20.3. The molecule has 0 N–H and O–H groups in total. The molecule has 0 saturated carbocycles. The van der Waals surface area contributed by atoms with Gasteiger partial charge in [-0.15, -0.1) is 0 Å². The number of carbonyl (C=O) groups excluding carboxylic acids is 1. The molecule has 0 aliphatic carbocycles. The Hall–Kier alpha value is -2.68. The number of hydrazone groups is 1. The zero-order valence-corrected chi connectivity index (χ0v) is 16.5. The van der Waals surface area contributed by atoms with Crippen molar-refractivity contribution in [1.82, 2.24) is 9.80 Å². The number of amides is 1. The smallest absolute Gasteiger partial charge is 0.417 e. The van der Waals surface area contributed by atoms with Crippen molar-refractivity contribution >= 4 is 12.1 Å². The van der Waals surface area contributed by atoms with Gasteiger partial charge in [-0.25, -0.2) is 19.8 Å². The average molecular weight is 390 g/mol. The second kappa shape index (κ2) is 8.14. The van der Waals surface area contributed by atoms with Crippen LogP contribution in [0.25, 0.3) is 0 Å². The average Bonchev–Trinajstić information content (AvgIpc) is 3.17. The molecule has 28 heavy (non-hydrogen) atoms. The van der Waals surface area contributed by atoms with E-state index in [4.69, 9.17) is 9.47 Å². The Morgan fingerprint density at radius 3 is 2.68 bits per heavy atom. The van der Waals surface area contributed by atoms with E-state index in [2.05, 4.69) is 5.10 Å². The van der Waals surface area contributed by atoms with Gasteiger partial charge in [0.15, 0.2) is 5.03 Å². The van der Waals surface area contributed by atoms with Crippen LogP contribution in [-0.4, -0.2) is 58.7 Å². The summed E-state index contributed by atoms with van der Waals surface area (Å²) in [4.78, 5) is 26.5. The topological polar surface area (TPSA) is 97.5 Å². The standard InChI is InChI=1S/C19H26N4O5/c1-14-4-6-15(7-5-14)12-27-18(24)22-9-8-21(17(22)20-23(25)26)11-16-10-19(2,3)28-13-16/h4-7,16H,8-13H2,1-3H3. The summed E-state index contributed by atoms with van der Waals surface area (Å²) in [6.07, 6.45) is 0.222. The molecule has 1 unspecified atom stereocenters. The molecule has 1 atom stereocenters. The molecule has 0 radical (unpaired) electrons. The molecule has 0 spiro atoms. The highest BCUT2D eigenvalue weighted by Gasteiger charge is 2.39. The summed E-state index contributed by atoms with van der Waals surface area (Å²) >= 11 is 0. The number of nitrogens with zero attached hydrogens (tertiary/aromatic N) is 4. The first kappa shape index (κ1) is 20.1. The number of benzene rings is 1. The van der Waals surface area contributed by atoms with E-state index >= 15 is 0 Å². The molecule has 2 saturated heterocycles. The van der Waals surface area contributed by atoms with E-state index in [1.807, 2.05) is 45.0 Å². The Bertz CT molecular complexity index is 762. The Balaban J connectivity index is 1.64. The summed E-state index contributed by atoms with van der Waals surface area (Å²) < 4.78 is 11.1. The van der Waals surface area contributed by atoms with Crippen LogP contribution in [0, 0.1) is 23.0 Å². The molecule has 2 fully saturated rings. The van der Waals surface area contributed by atoms with Crippen LogP contribution in [0.2, 0.25) is 0 Å². The Morgan fingerprint density at radius 2 is 2.07 bits per heavy atom. The summed E-state index contributed by atoms with van der Waals surface area (Å²) in [5.41, 5.74) is 1.77. The van der Waals surface area contributed by atoms with Crippen molar-refractivity contribution in [2.45, 2.75) is 39.4 Å². The highest BCUT2D eigenvalue weighted by molar-refractivity contribution is 5.95. The van der Waals surface area contributed by atoms with Gasteiger partial charge >= 0.3 is 6.09 Å². The minimum Gasteiger partial charge on any atom is -0.444 e. The molecule has 2 aliphatic rings. The van der Waals surface area contributed by atoms with E-state index in [-0.39, 0.29) is 24.1 Å². The van der Waals surface area contributed by atoms with Crippen LogP contribution in [-0.2, 0) is 16.1 Å². The lowest BCUT2D eigenvalue weighted by Crippen LogP contribution is -2.40. The second-order valence-corrected chi connectivity index (χ2v) is 7.92. The van der Waals surface area contributed by atoms with Gasteiger partial charge < -0.3 is 14.4 Å². The first-order valence-corrected chi connectivity index (χ1v) is 9.35. The molecule has 1 aromatic rings. The van der Waals surface area contributed by atoms with E-state index < -0.39 is 11.1 Å². The van der Waals surface area contributed by atoms with E-state index in [0.717, 1.165) is 17.5 Å². The molecule has 9 nitrogen and oxygen atoms in total. The fraction of sp³-hybridized carbons (Fsp3) is 0.579. The molecule has 2 heterocycles. The van der Waals surface area contributed by atoms with Crippen molar-refractivity contribution in [1.29, 1.82) is 0 Å². The van der Waals surface area contributed by atoms with Crippen molar-refractivity contribution in [2.75, 3.05) is 26.2 Å². The predicted octanol–water partition coefficient (Wildman–Crippen LogP) is 2.61. The molecule has 0 aromatic heterocycles. The van der Waals surface area contributed by atoms with Gasteiger partial charge in [0.2, 0.25) is 0 Å². The van der Waals surface area contributed by atoms with Crippen LogP contribution in [0.15, 0.2) is 29.4 Å². The SMILES string of the molecule is Cc1ccc(COC(=O)N2CCN(CC3COC(C)(C)C3)C2=N[N+](=O)[O-])cc1. The molecule has 1 aromatic carbocycles. The van der Waals surface area contributed by atoms with Gasteiger partial charge in [0.25, 0.3) is 5.96 Å². The summed E-state index contributed by atoms with van der Waals surface area (Å²) in [7, 11) is 0. The Kier molecular flexibility index (Phi) is 5.83. The van der Waals surface area contributed by atoms with Gasteiger partial charge in [0.1, 0.15) is 11.7 Å². The molecule has 152 valence electrons. The van der Waals surface area contributed by atoms with Crippen LogP contribution in [0.5, 0.6) is 0 Å². The number of aryl methyl sites for hydroxylation is 1. The quantitative estimate of drug-likeness (QED) is 0.566. The zero-order valence-electron chi connectivity index (χ0n) is 16.5. The third kappa shape index (κ3) is 4.98. The molecular formula is C19H26N4O5. The van der Waals surface area contributed by atoms with Gasteiger partial charge in [0, 0.05) is 19.0 Å². The monoisotopic (exact) mass is 390 g/mol. The fourth-order valence-corrected chi connectivity index (χ4v) is 3.62. The maximum atomic E-state index is 12.5. The van der Waals surface area contributed by atoms with Gasteiger partial charge in [-0.05, 0) is 32.8 Å². The van der Waals surface area contributed by atoms with Crippen molar-refractivity contribution < 1.29 is 19.3 Å².